The third kappa shape index (κ3) is 3.41. The van der Waals surface area contributed by atoms with Crippen LogP contribution in [0.3, 0.4) is 0 Å². The number of benzene rings is 1. The van der Waals surface area contributed by atoms with Gasteiger partial charge < -0.3 is 5.32 Å². The SMILES string of the molecule is Cc1nc(CCNC(=O)c2cccc(C)c2C)cs1. The molecule has 100 valence electrons. The van der Waals surface area contributed by atoms with Crippen LogP contribution >= 0.6 is 11.3 Å². The highest BCUT2D eigenvalue weighted by Gasteiger charge is 2.09. The molecule has 0 saturated heterocycles. The lowest BCUT2D eigenvalue weighted by molar-refractivity contribution is 0.0953. The Balaban J connectivity index is 1.93. The molecule has 4 heteroatoms. The molecule has 1 aromatic carbocycles. The van der Waals surface area contributed by atoms with Crippen molar-refractivity contribution in [3.05, 3.63) is 51.0 Å². The van der Waals surface area contributed by atoms with Gasteiger partial charge in [-0.2, -0.15) is 0 Å². The van der Waals surface area contributed by atoms with Crippen molar-refractivity contribution < 1.29 is 4.79 Å². The third-order valence-electron chi connectivity index (χ3n) is 3.18. The molecule has 0 fully saturated rings. The summed E-state index contributed by atoms with van der Waals surface area (Å²) in [7, 11) is 0. The summed E-state index contributed by atoms with van der Waals surface area (Å²) < 4.78 is 0. The Hall–Kier alpha value is -1.68. The van der Waals surface area contributed by atoms with Crippen molar-refractivity contribution >= 4 is 17.2 Å². The van der Waals surface area contributed by atoms with Gasteiger partial charge in [0.2, 0.25) is 0 Å². The van der Waals surface area contributed by atoms with Crippen molar-refractivity contribution in [1.29, 1.82) is 0 Å². The van der Waals surface area contributed by atoms with Crippen molar-refractivity contribution in [2.45, 2.75) is 27.2 Å². The van der Waals surface area contributed by atoms with Crippen molar-refractivity contribution in [1.82, 2.24) is 10.3 Å². The first-order valence-corrected chi connectivity index (χ1v) is 7.21. The molecular formula is C15H18N2OS. The predicted molar refractivity (Wildman–Crippen MR) is 78.8 cm³/mol. The van der Waals surface area contributed by atoms with Crippen LogP contribution in [0.1, 0.15) is 32.2 Å². The van der Waals surface area contributed by atoms with E-state index in [0.717, 1.165) is 33.8 Å². The fraction of sp³-hybridized carbons (Fsp3) is 0.333. The molecule has 3 nitrogen and oxygen atoms in total. The number of hydrogen-bond acceptors (Lipinski definition) is 3. The Morgan fingerprint density at radius 3 is 2.79 bits per heavy atom. The highest BCUT2D eigenvalue weighted by Crippen LogP contribution is 2.12. The standard InChI is InChI=1S/C15H18N2OS/c1-10-5-4-6-14(11(10)2)15(18)16-8-7-13-9-19-12(3)17-13/h4-6,9H,7-8H2,1-3H3,(H,16,18). The smallest absolute Gasteiger partial charge is 0.251 e. The summed E-state index contributed by atoms with van der Waals surface area (Å²) in [5, 5.41) is 6.06. The molecule has 0 aliphatic heterocycles. The average Bonchev–Trinajstić information content (AvgIpc) is 2.78. The number of aromatic nitrogens is 1. The van der Waals surface area contributed by atoms with Gasteiger partial charge in [0.25, 0.3) is 5.91 Å². The topological polar surface area (TPSA) is 42.0 Å². The van der Waals surface area contributed by atoms with E-state index >= 15 is 0 Å². The molecule has 1 aromatic heterocycles. The van der Waals surface area contributed by atoms with Crippen LogP contribution in [0.2, 0.25) is 0 Å². The summed E-state index contributed by atoms with van der Waals surface area (Å²) in [6.45, 7) is 6.61. The van der Waals surface area contributed by atoms with Gasteiger partial charge in [0, 0.05) is 23.9 Å². The normalized spacial score (nSPS) is 10.5. The van der Waals surface area contributed by atoms with Gasteiger partial charge in [-0.05, 0) is 38.0 Å². The maximum Gasteiger partial charge on any atom is 0.251 e. The minimum atomic E-state index is -0.00634. The molecule has 0 aliphatic carbocycles. The zero-order chi connectivity index (χ0) is 13.8. The first-order chi connectivity index (χ1) is 9.08. The Kier molecular flexibility index (Phi) is 4.32. The zero-order valence-electron chi connectivity index (χ0n) is 11.5. The second-order valence-corrected chi connectivity index (χ2v) is 5.67. The van der Waals surface area contributed by atoms with E-state index in [1.54, 1.807) is 11.3 Å². The fourth-order valence-electron chi connectivity index (χ4n) is 1.92. The molecule has 1 N–H and O–H groups in total. The van der Waals surface area contributed by atoms with Gasteiger partial charge in [0.15, 0.2) is 0 Å². The van der Waals surface area contributed by atoms with E-state index in [-0.39, 0.29) is 5.91 Å². The summed E-state index contributed by atoms with van der Waals surface area (Å²) >= 11 is 1.64. The number of amides is 1. The number of nitrogens with one attached hydrogen (secondary N) is 1. The average molecular weight is 274 g/mol. The molecule has 0 unspecified atom stereocenters. The largest absolute Gasteiger partial charge is 0.352 e. The van der Waals surface area contributed by atoms with Gasteiger partial charge in [-0.3, -0.25) is 4.79 Å². The number of carbonyl (C=O) groups is 1. The van der Waals surface area contributed by atoms with Gasteiger partial charge in [-0.1, -0.05) is 12.1 Å². The quantitative estimate of drug-likeness (QED) is 0.931. The fourth-order valence-corrected chi connectivity index (χ4v) is 2.57. The van der Waals surface area contributed by atoms with Crippen molar-refractivity contribution in [3.8, 4) is 0 Å². The summed E-state index contributed by atoms with van der Waals surface area (Å²) in [6, 6.07) is 5.80. The highest BCUT2D eigenvalue weighted by atomic mass is 32.1. The van der Waals surface area contributed by atoms with E-state index in [1.807, 2.05) is 44.4 Å². The summed E-state index contributed by atoms with van der Waals surface area (Å²) in [6.07, 6.45) is 0.779. The molecular weight excluding hydrogens is 256 g/mol. The number of hydrogen-bond donors (Lipinski definition) is 1. The number of aryl methyl sites for hydroxylation is 2. The maximum absolute atomic E-state index is 12.1. The Labute approximate surface area is 117 Å². The second kappa shape index (κ2) is 5.97. The van der Waals surface area contributed by atoms with Crippen LogP contribution in [0.25, 0.3) is 0 Å². The summed E-state index contributed by atoms with van der Waals surface area (Å²) in [5.74, 6) is -0.00634. The minimum Gasteiger partial charge on any atom is -0.352 e. The zero-order valence-corrected chi connectivity index (χ0v) is 12.3. The van der Waals surface area contributed by atoms with Crippen LogP contribution in [0, 0.1) is 20.8 Å². The maximum atomic E-state index is 12.1. The van der Waals surface area contributed by atoms with Crippen LogP contribution in [0.15, 0.2) is 23.6 Å². The lowest BCUT2D eigenvalue weighted by Gasteiger charge is -2.08. The highest BCUT2D eigenvalue weighted by molar-refractivity contribution is 7.09. The van der Waals surface area contributed by atoms with E-state index in [9.17, 15) is 4.79 Å². The Morgan fingerprint density at radius 1 is 1.32 bits per heavy atom. The Bertz CT molecular complexity index is 590. The number of rotatable bonds is 4. The number of thiazole rings is 1. The number of nitrogens with zero attached hydrogens (tertiary/aromatic N) is 1. The van der Waals surface area contributed by atoms with Gasteiger partial charge in [-0.25, -0.2) is 4.98 Å². The van der Waals surface area contributed by atoms with Crippen molar-refractivity contribution in [2.24, 2.45) is 0 Å². The lowest BCUT2D eigenvalue weighted by Crippen LogP contribution is -2.26. The molecule has 1 amide bonds. The predicted octanol–water partition coefficient (Wildman–Crippen LogP) is 3.04. The minimum absolute atomic E-state index is 0.00634. The van der Waals surface area contributed by atoms with Gasteiger partial charge >= 0.3 is 0 Å². The second-order valence-electron chi connectivity index (χ2n) is 4.61. The van der Waals surface area contributed by atoms with Crippen molar-refractivity contribution in [3.63, 3.8) is 0 Å². The molecule has 0 aliphatic rings. The van der Waals surface area contributed by atoms with E-state index in [0.29, 0.717) is 6.54 Å². The van der Waals surface area contributed by atoms with E-state index < -0.39 is 0 Å². The first-order valence-electron chi connectivity index (χ1n) is 6.33. The Morgan fingerprint density at radius 2 is 2.11 bits per heavy atom. The molecule has 2 aromatic rings. The van der Waals surface area contributed by atoms with Crippen molar-refractivity contribution in [2.75, 3.05) is 6.54 Å². The summed E-state index contributed by atoms with van der Waals surface area (Å²) in [4.78, 5) is 16.5. The van der Waals surface area contributed by atoms with E-state index in [1.165, 1.54) is 0 Å². The van der Waals surface area contributed by atoms with Gasteiger partial charge in [0.05, 0.1) is 10.7 Å². The molecule has 0 saturated carbocycles. The molecule has 2 rings (SSSR count). The van der Waals surface area contributed by atoms with E-state index in [4.69, 9.17) is 0 Å². The molecule has 0 bridgehead atoms. The van der Waals surface area contributed by atoms with Crippen LogP contribution in [0.4, 0.5) is 0 Å². The monoisotopic (exact) mass is 274 g/mol. The molecule has 0 atom stereocenters. The summed E-state index contributed by atoms with van der Waals surface area (Å²) in [5.41, 5.74) is 3.99. The van der Waals surface area contributed by atoms with Gasteiger partial charge in [0.1, 0.15) is 0 Å². The lowest BCUT2D eigenvalue weighted by atomic mass is 10.0. The van der Waals surface area contributed by atoms with Crippen LogP contribution in [-0.4, -0.2) is 17.4 Å². The molecule has 0 radical (unpaired) electrons. The van der Waals surface area contributed by atoms with Crippen LogP contribution < -0.4 is 5.32 Å². The first kappa shape index (κ1) is 13.7. The van der Waals surface area contributed by atoms with Gasteiger partial charge in [-0.15, -0.1) is 11.3 Å². The number of carbonyl (C=O) groups excluding carboxylic acids is 1. The van der Waals surface area contributed by atoms with Crippen LogP contribution in [0.5, 0.6) is 0 Å². The van der Waals surface area contributed by atoms with E-state index in [2.05, 4.69) is 10.3 Å². The molecule has 0 spiro atoms. The molecule has 19 heavy (non-hydrogen) atoms. The third-order valence-corrected chi connectivity index (χ3v) is 4.00. The van der Waals surface area contributed by atoms with Crippen LogP contribution in [-0.2, 0) is 6.42 Å². The molecule has 1 heterocycles.